The lowest BCUT2D eigenvalue weighted by Gasteiger charge is -2.33. The fourth-order valence-corrected chi connectivity index (χ4v) is 3.73. The molecule has 0 spiro atoms. The molecule has 148 valence electrons. The van der Waals surface area contributed by atoms with Gasteiger partial charge in [-0.15, -0.1) is 0 Å². The van der Waals surface area contributed by atoms with Crippen LogP contribution >= 0.6 is 11.6 Å². The summed E-state index contributed by atoms with van der Waals surface area (Å²) in [5.74, 6) is 0.291. The van der Waals surface area contributed by atoms with Crippen LogP contribution in [0.15, 0.2) is 48.8 Å². The Bertz CT molecular complexity index is 1070. The van der Waals surface area contributed by atoms with E-state index in [2.05, 4.69) is 20.2 Å². The molecule has 1 amide bonds. The van der Waals surface area contributed by atoms with Gasteiger partial charge in [-0.1, -0.05) is 11.6 Å². The van der Waals surface area contributed by atoms with Crippen LogP contribution in [0.5, 0.6) is 0 Å². The number of carbonyl (C=O) groups is 1. The standard InChI is InChI=1S/C20H18ClN5O3/c21-14-3-6-18(23-12-14)24-20(27)13-7-10-25(11-8-13)17-5-4-16(26(28)29)15-2-1-9-22-19(15)17/h1-6,9,12-13H,7-8,10-11H2,(H,23,24,27). The van der Waals surface area contributed by atoms with Gasteiger partial charge in [0.1, 0.15) is 11.3 Å². The molecule has 1 aromatic carbocycles. The third-order valence-corrected chi connectivity index (χ3v) is 5.33. The highest BCUT2D eigenvalue weighted by atomic mass is 35.5. The van der Waals surface area contributed by atoms with E-state index in [0.717, 1.165) is 5.69 Å². The average Bonchev–Trinajstić information content (AvgIpc) is 2.74. The molecule has 0 radical (unpaired) electrons. The molecule has 0 aliphatic carbocycles. The van der Waals surface area contributed by atoms with E-state index in [1.165, 1.54) is 12.3 Å². The van der Waals surface area contributed by atoms with Crippen LogP contribution in [-0.4, -0.2) is 33.9 Å². The fourth-order valence-electron chi connectivity index (χ4n) is 3.62. The zero-order chi connectivity index (χ0) is 20.4. The maximum atomic E-state index is 12.5. The predicted molar refractivity (Wildman–Crippen MR) is 111 cm³/mol. The number of nitro groups is 1. The summed E-state index contributed by atoms with van der Waals surface area (Å²) >= 11 is 5.82. The number of pyridine rings is 2. The van der Waals surface area contributed by atoms with E-state index in [-0.39, 0.29) is 17.5 Å². The van der Waals surface area contributed by atoms with Gasteiger partial charge in [-0.05, 0) is 43.2 Å². The van der Waals surface area contributed by atoms with Gasteiger partial charge in [0.15, 0.2) is 0 Å². The summed E-state index contributed by atoms with van der Waals surface area (Å²) in [5, 5.41) is 15.2. The fraction of sp³-hybridized carbons (Fsp3) is 0.250. The number of non-ortho nitro benzene ring substituents is 1. The number of fused-ring (bicyclic) bond motifs is 1. The van der Waals surface area contributed by atoms with Crippen molar-refractivity contribution in [3.63, 3.8) is 0 Å². The molecule has 0 saturated carbocycles. The van der Waals surface area contributed by atoms with E-state index in [9.17, 15) is 14.9 Å². The quantitative estimate of drug-likeness (QED) is 0.513. The number of rotatable bonds is 4. The van der Waals surface area contributed by atoms with Crippen LogP contribution in [-0.2, 0) is 4.79 Å². The summed E-state index contributed by atoms with van der Waals surface area (Å²) in [7, 11) is 0. The highest BCUT2D eigenvalue weighted by Gasteiger charge is 2.27. The summed E-state index contributed by atoms with van der Waals surface area (Å²) in [4.78, 5) is 34.0. The summed E-state index contributed by atoms with van der Waals surface area (Å²) < 4.78 is 0. The van der Waals surface area contributed by atoms with Crippen molar-refractivity contribution < 1.29 is 9.72 Å². The van der Waals surface area contributed by atoms with Gasteiger partial charge in [0.2, 0.25) is 5.91 Å². The Kier molecular flexibility index (Phi) is 5.26. The Morgan fingerprint density at radius 3 is 2.66 bits per heavy atom. The maximum absolute atomic E-state index is 12.5. The molecule has 9 heteroatoms. The van der Waals surface area contributed by atoms with Gasteiger partial charge in [0, 0.05) is 37.5 Å². The van der Waals surface area contributed by atoms with Gasteiger partial charge in [-0.25, -0.2) is 4.98 Å². The third kappa shape index (κ3) is 3.97. The van der Waals surface area contributed by atoms with Crippen molar-refractivity contribution >= 4 is 45.6 Å². The largest absolute Gasteiger partial charge is 0.370 e. The first kappa shape index (κ1) is 19.1. The number of anilines is 2. The number of benzene rings is 1. The van der Waals surface area contributed by atoms with Crippen molar-refractivity contribution in [1.82, 2.24) is 9.97 Å². The van der Waals surface area contributed by atoms with E-state index < -0.39 is 4.92 Å². The minimum atomic E-state index is -0.394. The molecule has 3 heterocycles. The first-order valence-electron chi connectivity index (χ1n) is 9.22. The lowest BCUT2D eigenvalue weighted by molar-refractivity contribution is -0.383. The SMILES string of the molecule is O=C(Nc1ccc(Cl)cn1)C1CCN(c2ccc([N+](=O)[O-])c3cccnc23)CC1. The summed E-state index contributed by atoms with van der Waals surface area (Å²) in [5.41, 5.74) is 1.50. The van der Waals surface area contributed by atoms with Crippen LogP contribution in [0.25, 0.3) is 10.9 Å². The van der Waals surface area contributed by atoms with Gasteiger partial charge >= 0.3 is 0 Å². The van der Waals surface area contributed by atoms with Crippen molar-refractivity contribution in [1.29, 1.82) is 0 Å². The molecule has 1 saturated heterocycles. The second kappa shape index (κ2) is 8.00. The Morgan fingerprint density at radius 1 is 1.17 bits per heavy atom. The molecule has 1 aliphatic heterocycles. The first-order chi connectivity index (χ1) is 14.0. The van der Waals surface area contributed by atoms with Crippen LogP contribution in [0.4, 0.5) is 17.2 Å². The number of aromatic nitrogens is 2. The van der Waals surface area contributed by atoms with Crippen molar-refractivity contribution in [3.05, 3.63) is 63.9 Å². The third-order valence-electron chi connectivity index (χ3n) is 5.11. The van der Waals surface area contributed by atoms with Gasteiger partial charge in [-0.3, -0.25) is 19.9 Å². The zero-order valence-corrected chi connectivity index (χ0v) is 16.2. The maximum Gasteiger partial charge on any atom is 0.278 e. The summed E-state index contributed by atoms with van der Waals surface area (Å²) in [6, 6.07) is 10.0. The highest BCUT2D eigenvalue weighted by molar-refractivity contribution is 6.30. The van der Waals surface area contributed by atoms with Crippen LogP contribution in [0.2, 0.25) is 5.02 Å². The molecule has 29 heavy (non-hydrogen) atoms. The first-order valence-corrected chi connectivity index (χ1v) is 9.60. The second-order valence-electron chi connectivity index (χ2n) is 6.87. The topological polar surface area (TPSA) is 101 Å². The molecule has 1 fully saturated rings. The number of hydrogen-bond acceptors (Lipinski definition) is 6. The molecule has 1 N–H and O–H groups in total. The molecule has 1 aliphatic rings. The smallest absolute Gasteiger partial charge is 0.278 e. The molecule has 0 atom stereocenters. The number of halogens is 1. The monoisotopic (exact) mass is 411 g/mol. The average molecular weight is 412 g/mol. The van der Waals surface area contributed by atoms with E-state index in [1.807, 2.05) is 0 Å². The van der Waals surface area contributed by atoms with Gasteiger partial charge in [0.05, 0.1) is 21.0 Å². The molecular formula is C20H18ClN5O3. The van der Waals surface area contributed by atoms with Crippen LogP contribution in [0, 0.1) is 16.0 Å². The minimum Gasteiger partial charge on any atom is -0.370 e. The Labute approximate surface area is 171 Å². The summed E-state index contributed by atoms with van der Waals surface area (Å²) in [6.45, 7) is 1.32. The van der Waals surface area contributed by atoms with Gasteiger partial charge in [-0.2, -0.15) is 0 Å². The minimum absolute atomic E-state index is 0.0431. The van der Waals surface area contributed by atoms with Crippen molar-refractivity contribution in [3.8, 4) is 0 Å². The number of nitrogens with one attached hydrogen (secondary N) is 1. The lowest BCUT2D eigenvalue weighted by atomic mass is 9.95. The van der Waals surface area contributed by atoms with Crippen LogP contribution in [0.3, 0.4) is 0 Å². The number of nitrogens with zero attached hydrogens (tertiary/aromatic N) is 4. The molecule has 8 nitrogen and oxygen atoms in total. The molecular weight excluding hydrogens is 394 g/mol. The summed E-state index contributed by atoms with van der Waals surface area (Å²) in [6.07, 6.45) is 4.47. The molecule has 0 unspecified atom stereocenters. The number of hydrogen-bond donors (Lipinski definition) is 1. The second-order valence-corrected chi connectivity index (χ2v) is 7.31. The normalized spacial score (nSPS) is 14.7. The lowest BCUT2D eigenvalue weighted by Crippen LogP contribution is -2.38. The van der Waals surface area contributed by atoms with Crippen molar-refractivity contribution in [2.24, 2.45) is 5.92 Å². The molecule has 0 bridgehead atoms. The van der Waals surface area contributed by atoms with Gasteiger partial charge in [0.25, 0.3) is 5.69 Å². The number of carbonyl (C=O) groups excluding carboxylic acids is 1. The van der Waals surface area contributed by atoms with E-state index >= 15 is 0 Å². The molecule has 2 aromatic heterocycles. The Morgan fingerprint density at radius 2 is 1.97 bits per heavy atom. The Balaban J connectivity index is 1.47. The number of piperidine rings is 1. The zero-order valence-electron chi connectivity index (χ0n) is 15.4. The molecule has 4 rings (SSSR count). The van der Waals surface area contributed by atoms with E-state index in [4.69, 9.17) is 11.6 Å². The van der Waals surface area contributed by atoms with E-state index in [1.54, 1.807) is 36.5 Å². The van der Waals surface area contributed by atoms with Crippen molar-refractivity contribution in [2.45, 2.75) is 12.8 Å². The van der Waals surface area contributed by atoms with Crippen LogP contribution in [0.1, 0.15) is 12.8 Å². The molecule has 3 aromatic rings. The number of amides is 1. The predicted octanol–water partition coefficient (Wildman–Crippen LogP) is 4.05. The number of nitro benzene ring substituents is 1. The van der Waals surface area contributed by atoms with Crippen LogP contribution < -0.4 is 10.2 Å². The Hall–Kier alpha value is -3.26. The van der Waals surface area contributed by atoms with E-state index in [0.29, 0.717) is 47.7 Å². The van der Waals surface area contributed by atoms with Crippen molar-refractivity contribution in [2.75, 3.05) is 23.3 Å². The van der Waals surface area contributed by atoms with Gasteiger partial charge < -0.3 is 10.2 Å². The highest BCUT2D eigenvalue weighted by Crippen LogP contribution is 2.34.